The predicted molar refractivity (Wildman–Crippen MR) is 118 cm³/mol. The maximum Gasteiger partial charge on any atom is 0.258 e. The highest BCUT2D eigenvalue weighted by Crippen LogP contribution is 2.27. The largest absolute Gasteiger partial charge is 0.396 e. The Morgan fingerprint density at radius 1 is 1.20 bits per heavy atom. The lowest BCUT2D eigenvalue weighted by Crippen LogP contribution is -2.40. The average molecular weight is 424 g/mol. The van der Waals surface area contributed by atoms with Gasteiger partial charge in [0, 0.05) is 48.2 Å². The van der Waals surface area contributed by atoms with E-state index in [-0.39, 0.29) is 24.3 Å². The van der Waals surface area contributed by atoms with Crippen LogP contribution in [0.4, 0.5) is 5.69 Å². The topological polar surface area (TPSA) is 74.6 Å². The van der Waals surface area contributed by atoms with E-state index in [4.69, 9.17) is 0 Å². The molecule has 0 bridgehead atoms. The van der Waals surface area contributed by atoms with Crippen LogP contribution in [0.3, 0.4) is 0 Å². The van der Waals surface area contributed by atoms with Gasteiger partial charge in [0.1, 0.15) is 5.00 Å². The first-order valence-electron chi connectivity index (χ1n) is 10.1. The standard InChI is InChI=1S/C23H25N3O3S/c1-16-12-20(23(30-16)25-9-2-3-10-25)21(28)24-19-8-4-7-18(13-19)22(29)26-11-5-6-17(14-26)15-27/h2-4,7-10,12-13,17,27H,5-6,11,14-15H2,1H3,(H,24,28). The van der Waals surface area contributed by atoms with Crippen molar-refractivity contribution >= 4 is 28.8 Å². The van der Waals surface area contributed by atoms with Crippen molar-refractivity contribution in [3.8, 4) is 5.00 Å². The fourth-order valence-electron chi connectivity index (χ4n) is 3.84. The van der Waals surface area contributed by atoms with E-state index >= 15 is 0 Å². The van der Waals surface area contributed by atoms with Crippen molar-refractivity contribution in [2.45, 2.75) is 19.8 Å². The van der Waals surface area contributed by atoms with Gasteiger partial charge in [-0.15, -0.1) is 11.3 Å². The summed E-state index contributed by atoms with van der Waals surface area (Å²) in [6.07, 6.45) is 5.67. The predicted octanol–water partition coefficient (Wildman–Crippen LogP) is 3.94. The van der Waals surface area contributed by atoms with Gasteiger partial charge in [-0.05, 0) is 62.1 Å². The summed E-state index contributed by atoms with van der Waals surface area (Å²) >= 11 is 1.56. The third-order valence-corrected chi connectivity index (χ3v) is 6.41. The molecule has 3 heterocycles. The zero-order valence-electron chi connectivity index (χ0n) is 16.9. The third kappa shape index (κ3) is 4.32. The fraction of sp³-hybridized carbons (Fsp3) is 0.304. The minimum atomic E-state index is -0.203. The number of aromatic nitrogens is 1. The highest BCUT2D eigenvalue weighted by atomic mass is 32.1. The molecule has 1 aliphatic heterocycles. The Bertz CT molecular complexity index is 1040. The van der Waals surface area contributed by atoms with Crippen molar-refractivity contribution in [3.63, 3.8) is 0 Å². The molecule has 3 aromatic rings. The monoisotopic (exact) mass is 423 g/mol. The van der Waals surface area contributed by atoms with E-state index in [1.165, 1.54) is 0 Å². The van der Waals surface area contributed by atoms with Crippen molar-refractivity contribution in [3.05, 3.63) is 70.9 Å². The second-order valence-corrected chi connectivity index (χ2v) is 8.88. The fourth-order valence-corrected chi connectivity index (χ4v) is 4.81. The molecule has 0 saturated carbocycles. The first-order valence-corrected chi connectivity index (χ1v) is 10.9. The molecule has 4 rings (SSSR count). The molecule has 1 fully saturated rings. The molecule has 1 aromatic carbocycles. The second kappa shape index (κ2) is 8.85. The molecule has 2 aromatic heterocycles. The summed E-state index contributed by atoms with van der Waals surface area (Å²) in [5.74, 6) is -0.130. The molecule has 0 spiro atoms. The molecule has 6 nitrogen and oxygen atoms in total. The van der Waals surface area contributed by atoms with Gasteiger partial charge in [0.05, 0.1) is 5.56 Å². The van der Waals surface area contributed by atoms with Gasteiger partial charge < -0.3 is 19.9 Å². The summed E-state index contributed by atoms with van der Waals surface area (Å²) in [4.78, 5) is 28.7. The molecule has 1 unspecified atom stereocenters. The normalized spacial score (nSPS) is 16.5. The Morgan fingerprint density at radius 3 is 2.77 bits per heavy atom. The summed E-state index contributed by atoms with van der Waals surface area (Å²) in [5, 5.41) is 13.2. The SMILES string of the molecule is Cc1cc(C(=O)Nc2cccc(C(=O)N3CCCC(CO)C3)c2)c(-n2cccc2)s1. The van der Waals surface area contributed by atoms with E-state index in [0.29, 0.717) is 29.9 Å². The molecular formula is C23H25N3O3S. The van der Waals surface area contributed by atoms with E-state index in [1.807, 2.05) is 42.1 Å². The summed E-state index contributed by atoms with van der Waals surface area (Å²) in [7, 11) is 0. The number of carbonyl (C=O) groups excluding carboxylic acids is 2. The number of aliphatic hydroxyl groups excluding tert-OH is 1. The van der Waals surface area contributed by atoms with Gasteiger partial charge in [0.2, 0.25) is 0 Å². The van der Waals surface area contributed by atoms with Crippen LogP contribution in [0, 0.1) is 12.8 Å². The number of aliphatic hydroxyl groups is 1. The minimum Gasteiger partial charge on any atom is -0.396 e. The number of benzene rings is 1. The summed E-state index contributed by atoms with van der Waals surface area (Å²) < 4.78 is 1.93. The number of piperidine rings is 1. The smallest absolute Gasteiger partial charge is 0.258 e. The van der Waals surface area contributed by atoms with Gasteiger partial charge in [-0.2, -0.15) is 0 Å². The van der Waals surface area contributed by atoms with Crippen LogP contribution in [-0.4, -0.2) is 46.1 Å². The zero-order valence-corrected chi connectivity index (χ0v) is 17.7. The molecular weight excluding hydrogens is 398 g/mol. The average Bonchev–Trinajstić information content (AvgIpc) is 3.43. The second-order valence-electron chi connectivity index (χ2n) is 7.64. The lowest BCUT2D eigenvalue weighted by atomic mass is 9.98. The number of carbonyl (C=O) groups is 2. The van der Waals surface area contributed by atoms with Gasteiger partial charge in [-0.3, -0.25) is 9.59 Å². The Balaban J connectivity index is 1.51. The van der Waals surface area contributed by atoms with E-state index < -0.39 is 0 Å². The molecule has 2 amide bonds. The van der Waals surface area contributed by atoms with Crippen LogP contribution in [-0.2, 0) is 0 Å². The van der Waals surface area contributed by atoms with Crippen LogP contribution in [0.25, 0.3) is 5.00 Å². The molecule has 2 N–H and O–H groups in total. The Labute approximate surface area is 179 Å². The van der Waals surface area contributed by atoms with Gasteiger partial charge in [-0.25, -0.2) is 0 Å². The first-order chi connectivity index (χ1) is 14.5. The van der Waals surface area contributed by atoms with E-state index in [0.717, 1.165) is 22.7 Å². The van der Waals surface area contributed by atoms with E-state index in [1.54, 1.807) is 40.5 Å². The third-order valence-electron chi connectivity index (χ3n) is 5.35. The van der Waals surface area contributed by atoms with Gasteiger partial charge >= 0.3 is 0 Å². The number of likely N-dealkylation sites (tertiary alicyclic amines) is 1. The van der Waals surface area contributed by atoms with Crippen LogP contribution >= 0.6 is 11.3 Å². The summed E-state index contributed by atoms with van der Waals surface area (Å²) in [6.45, 7) is 3.34. The number of anilines is 1. The number of rotatable bonds is 5. The maximum atomic E-state index is 13.0. The summed E-state index contributed by atoms with van der Waals surface area (Å²) in [5.41, 5.74) is 1.73. The maximum absolute atomic E-state index is 13.0. The van der Waals surface area contributed by atoms with Crippen LogP contribution in [0.15, 0.2) is 54.9 Å². The lowest BCUT2D eigenvalue weighted by Gasteiger charge is -2.32. The number of hydrogen-bond acceptors (Lipinski definition) is 4. The van der Waals surface area contributed by atoms with Gasteiger partial charge in [-0.1, -0.05) is 6.07 Å². The Kier molecular flexibility index (Phi) is 6.01. The van der Waals surface area contributed by atoms with Gasteiger partial charge in [0.15, 0.2) is 0 Å². The lowest BCUT2D eigenvalue weighted by molar-refractivity contribution is 0.0620. The quantitative estimate of drug-likeness (QED) is 0.653. The van der Waals surface area contributed by atoms with Crippen molar-refractivity contribution in [2.75, 3.05) is 25.0 Å². The van der Waals surface area contributed by atoms with Gasteiger partial charge in [0.25, 0.3) is 11.8 Å². The zero-order chi connectivity index (χ0) is 21.1. The molecule has 1 saturated heterocycles. The number of nitrogens with zero attached hydrogens (tertiary/aromatic N) is 2. The molecule has 7 heteroatoms. The minimum absolute atomic E-state index is 0.0661. The molecule has 1 aliphatic rings. The number of thiophene rings is 1. The number of amides is 2. The van der Waals surface area contributed by atoms with Crippen LogP contribution in [0.1, 0.15) is 38.4 Å². The van der Waals surface area contributed by atoms with E-state index in [2.05, 4.69) is 5.32 Å². The number of nitrogens with one attached hydrogen (secondary N) is 1. The van der Waals surface area contributed by atoms with Crippen LogP contribution in [0.5, 0.6) is 0 Å². The van der Waals surface area contributed by atoms with Crippen molar-refractivity contribution in [1.29, 1.82) is 0 Å². The molecule has 30 heavy (non-hydrogen) atoms. The molecule has 1 atom stereocenters. The van der Waals surface area contributed by atoms with Crippen molar-refractivity contribution in [2.24, 2.45) is 5.92 Å². The van der Waals surface area contributed by atoms with E-state index in [9.17, 15) is 14.7 Å². The Morgan fingerprint density at radius 2 is 2.00 bits per heavy atom. The van der Waals surface area contributed by atoms with Crippen LogP contribution in [0.2, 0.25) is 0 Å². The number of hydrogen-bond donors (Lipinski definition) is 2. The van der Waals surface area contributed by atoms with Crippen molar-refractivity contribution < 1.29 is 14.7 Å². The van der Waals surface area contributed by atoms with Crippen molar-refractivity contribution in [1.82, 2.24) is 9.47 Å². The molecule has 156 valence electrons. The highest BCUT2D eigenvalue weighted by Gasteiger charge is 2.24. The summed E-state index contributed by atoms with van der Waals surface area (Å²) in [6, 6.07) is 12.8. The Hall–Kier alpha value is -2.90. The van der Waals surface area contributed by atoms with Crippen LogP contribution < -0.4 is 5.32 Å². The molecule has 0 aliphatic carbocycles. The molecule has 0 radical (unpaired) electrons. The first kappa shape index (κ1) is 20.4. The highest BCUT2D eigenvalue weighted by molar-refractivity contribution is 7.14. The number of aryl methyl sites for hydroxylation is 1.